The highest BCUT2D eigenvalue weighted by Crippen LogP contribution is 2.23. The van der Waals surface area contributed by atoms with Gasteiger partial charge in [0.15, 0.2) is 0 Å². The molecule has 1 amide bonds. The zero-order valence-electron chi connectivity index (χ0n) is 10.4. The van der Waals surface area contributed by atoms with Crippen LogP contribution in [0.15, 0.2) is 18.2 Å². The van der Waals surface area contributed by atoms with Gasteiger partial charge in [0, 0.05) is 32.4 Å². The number of nitrogens with two attached hydrogens (primary N) is 1. The molecule has 0 unspecified atom stereocenters. The number of amides is 1. The average Bonchev–Trinajstić information content (AvgIpc) is 2.32. The normalized spacial score (nSPS) is 16.5. The molecule has 1 heterocycles. The predicted octanol–water partition coefficient (Wildman–Crippen LogP) is 0.732. The van der Waals surface area contributed by atoms with Gasteiger partial charge in [-0.2, -0.15) is 0 Å². The number of benzene rings is 1. The van der Waals surface area contributed by atoms with Crippen molar-refractivity contribution in [1.82, 2.24) is 4.90 Å². The number of carbonyl (C=O) groups is 1. The fraction of sp³-hybridized carbons (Fsp3) is 0.462. The molecule has 92 valence electrons. The fourth-order valence-electron chi connectivity index (χ4n) is 2.10. The van der Waals surface area contributed by atoms with Crippen LogP contribution in [0.25, 0.3) is 0 Å². The van der Waals surface area contributed by atoms with E-state index in [0.29, 0.717) is 13.1 Å². The Morgan fingerprint density at radius 3 is 2.76 bits per heavy atom. The van der Waals surface area contributed by atoms with Crippen LogP contribution >= 0.6 is 0 Å². The average molecular weight is 233 g/mol. The van der Waals surface area contributed by atoms with E-state index in [9.17, 15) is 4.79 Å². The third-order valence-corrected chi connectivity index (χ3v) is 3.26. The summed E-state index contributed by atoms with van der Waals surface area (Å²) in [5.41, 5.74) is 9.16. The Morgan fingerprint density at radius 1 is 1.35 bits per heavy atom. The molecule has 0 radical (unpaired) electrons. The molecular formula is C13H19N3O. The van der Waals surface area contributed by atoms with Gasteiger partial charge in [-0.1, -0.05) is 12.1 Å². The maximum atomic E-state index is 11.7. The van der Waals surface area contributed by atoms with Crippen molar-refractivity contribution in [3.8, 4) is 0 Å². The van der Waals surface area contributed by atoms with Crippen LogP contribution in [0.4, 0.5) is 5.69 Å². The first-order valence-electron chi connectivity index (χ1n) is 5.90. The third kappa shape index (κ3) is 2.42. The lowest BCUT2D eigenvalue weighted by atomic mass is 10.1. The molecule has 2 N–H and O–H groups in total. The van der Waals surface area contributed by atoms with Crippen molar-refractivity contribution in [2.75, 3.05) is 31.6 Å². The largest absolute Gasteiger partial charge is 0.360 e. The molecule has 1 aliphatic heterocycles. The number of piperazine rings is 1. The first-order valence-corrected chi connectivity index (χ1v) is 5.90. The first kappa shape index (κ1) is 11.9. The van der Waals surface area contributed by atoms with E-state index >= 15 is 0 Å². The molecule has 1 aromatic carbocycles. The molecule has 1 saturated heterocycles. The summed E-state index contributed by atoms with van der Waals surface area (Å²) in [6, 6.07) is 6.22. The number of carbonyl (C=O) groups excluding carboxylic acids is 1. The van der Waals surface area contributed by atoms with E-state index in [0.717, 1.165) is 24.3 Å². The van der Waals surface area contributed by atoms with Gasteiger partial charge in [-0.3, -0.25) is 4.79 Å². The topological polar surface area (TPSA) is 49.6 Å². The van der Waals surface area contributed by atoms with Gasteiger partial charge in [0.1, 0.15) is 0 Å². The molecule has 0 saturated carbocycles. The van der Waals surface area contributed by atoms with Crippen molar-refractivity contribution in [2.45, 2.75) is 13.5 Å². The van der Waals surface area contributed by atoms with Crippen molar-refractivity contribution in [3.63, 3.8) is 0 Å². The molecule has 0 bridgehead atoms. The predicted molar refractivity (Wildman–Crippen MR) is 68.9 cm³/mol. The van der Waals surface area contributed by atoms with E-state index in [1.54, 1.807) is 4.90 Å². The van der Waals surface area contributed by atoms with Crippen molar-refractivity contribution in [1.29, 1.82) is 0 Å². The molecule has 0 aromatic heterocycles. The number of hydrogen-bond acceptors (Lipinski definition) is 3. The maximum Gasteiger partial charge on any atom is 0.241 e. The Kier molecular flexibility index (Phi) is 3.33. The van der Waals surface area contributed by atoms with Gasteiger partial charge in [-0.15, -0.1) is 0 Å². The monoisotopic (exact) mass is 233 g/mol. The highest BCUT2D eigenvalue weighted by Gasteiger charge is 2.22. The van der Waals surface area contributed by atoms with Crippen molar-refractivity contribution >= 4 is 11.6 Å². The van der Waals surface area contributed by atoms with Crippen LogP contribution in [0.1, 0.15) is 11.1 Å². The van der Waals surface area contributed by atoms with Gasteiger partial charge < -0.3 is 15.5 Å². The van der Waals surface area contributed by atoms with Crippen LogP contribution in [-0.4, -0.2) is 37.5 Å². The van der Waals surface area contributed by atoms with Crippen LogP contribution in [0, 0.1) is 6.92 Å². The van der Waals surface area contributed by atoms with Gasteiger partial charge in [-0.05, 0) is 24.1 Å². The van der Waals surface area contributed by atoms with Gasteiger partial charge in [0.25, 0.3) is 0 Å². The SMILES string of the molecule is Cc1ccc(CN)c(N2CCN(C)C(=O)C2)c1. The van der Waals surface area contributed by atoms with Crippen LogP contribution in [-0.2, 0) is 11.3 Å². The number of likely N-dealkylation sites (N-methyl/N-ethyl adjacent to an activating group) is 1. The minimum atomic E-state index is 0.167. The van der Waals surface area contributed by atoms with Gasteiger partial charge in [-0.25, -0.2) is 0 Å². The second-order valence-corrected chi connectivity index (χ2v) is 4.57. The fourth-order valence-corrected chi connectivity index (χ4v) is 2.10. The van der Waals surface area contributed by atoms with E-state index in [-0.39, 0.29) is 5.91 Å². The summed E-state index contributed by atoms with van der Waals surface area (Å²) in [6.07, 6.45) is 0. The summed E-state index contributed by atoms with van der Waals surface area (Å²) in [5, 5.41) is 0. The minimum Gasteiger partial charge on any atom is -0.360 e. The first-order chi connectivity index (χ1) is 8.11. The molecule has 0 atom stereocenters. The second-order valence-electron chi connectivity index (χ2n) is 4.57. The van der Waals surface area contributed by atoms with E-state index < -0.39 is 0 Å². The molecular weight excluding hydrogens is 214 g/mol. The number of anilines is 1. The molecule has 1 aromatic rings. The molecule has 2 rings (SSSR count). The number of aryl methyl sites for hydroxylation is 1. The van der Waals surface area contributed by atoms with Crippen LogP contribution in [0.3, 0.4) is 0 Å². The Balaban J connectivity index is 2.27. The summed E-state index contributed by atoms with van der Waals surface area (Å²) >= 11 is 0. The molecule has 1 aliphatic rings. The number of rotatable bonds is 2. The molecule has 4 heteroatoms. The van der Waals surface area contributed by atoms with E-state index in [2.05, 4.69) is 24.0 Å². The highest BCUT2D eigenvalue weighted by atomic mass is 16.2. The molecule has 0 aliphatic carbocycles. The summed E-state index contributed by atoms with van der Waals surface area (Å²) in [4.78, 5) is 15.6. The Hall–Kier alpha value is -1.55. The standard InChI is InChI=1S/C13H19N3O/c1-10-3-4-11(8-14)12(7-10)16-6-5-15(2)13(17)9-16/h3-4,7H,5-6,8-9,14H2,1-2H3. The van der Waals surface area contributed by atoms with Gasteiger partial charge in [0.2, 0.25) is 5.91 Å². The van der Waals surface area contributed by atoms with Crippen LogP contribution < -0.4 is 10.6 Å². The van der Waals surface area contributed by atoms with E-state index in [1.165, 1.54) is 5.56 Å². The molecule has 1 fully saturated rings. The summed E-state index contributed by atoms with van der Waals surface area (Å²) in [7, 11) is 1.85. The zero-order valence-corrected chi connectivity index (χ0v) is 10.4. The van der Waals surface area contributed by atoms with Crippen LogP contribution in [0.5, 0.6) is 0 Å². The second kappa shape index (κ2) is 4.75. The quantitative estimate of drug-likeness (QED) is 0.819. The summed E-state index contributed by atoms with van der Waals surface area (Å²) in [6.45, 7) is 4.67. The smallest absolute Gasteiger partial charge is 0.241 e. The molecule has 17 heavy (non-hydrogen) atoms. The van der Waals surface area contributed by atoms with Gasteiger partial charge >= 0.3 is 0 Å². The van der Waals surface area contributed by atoms with Crippen molar-refractivity contribution in [2.24, 2.45) is 5.73 Å². The Morgan fingerprint density at radius 2 is 2.12 bits per heavy atom. The lowest BCUT2D eigenvalue weighted by Gasteiger charge is -2.34. The Bertz CT molecular complexity index is 431. The number of nitrogens with zero attached hydrogens (tertiary/aromatic N) is 2. The lowest BCUT2D eigenvalue weighted by molar-refractivity contribution is -0.129. The summed E-state index contributed by atoms with van der Waals surface area (Å²) < 4.78 is 0. The number of hydrogen-bond donors (Lipinski definition) is 1. The zero-order chi connectivity index (χ0) is 12.4. The maximum absolute atomic E-state index is 11.7. The third-order valence-electron chi connectivity index (χ3n) is 3.26. The Labute approximate surface area is 102 Å². The van der Waals surface area contributed by atoms with Gasteiger partial charge in [0.05, 0.1) is 6.54 Å². The summed E-state index contributed by atoms with van der Waals surface area (Å²) in [5.74, 6) is 0.167. The minimum absolute atomic E-state index is 0.167. The van der Waals surface area contributed by atoms with Crippen molar-refractivity contribution < 1.29 is 4.79 Å². The van der Waals surface area contributed by atoms with Crippen molar-refractivity contribution in [3.05, 3.63) is 29.3 Å². The van der Waals surface area contributed by atoms with E-state index in [4.69, 9.17) is 5.73 Å². The van der Waals surface area contributed by atoms with E-state index in [1.807, 2.05) is 13.1 Å². The van der Waals surface area contributed by atoms with Crippen LogP contribution in [0.2, 0.25) is 0 Å². The lowest BCUT2D eigenvalue weighted by Crippen LogP contribution is -2.48. The molecule has 4 nitrogen and oxygen atoms in total. The molecule has 0 spiro atoms. The highest BCUT2D eigenvalue weighted by molar-refractivity contribution is 5.83.